The number of halogens is 1. The number of unbranched alkanes of at least 4 members (excludes halogenated alkanes) is 2. The largest absolute Gasteiger partial charge is 0.496 e. The zero-order valence-electron chi connectivity index (χ0n) is 19.2. The smallest absolute Gasteiger partial charge is 0.164 e. The minimum absolute atomic E-state index is 0.597. The van der Waals surface area contributed by atoms with Gasteiger partial charge in [0.15, 0.2) is 5.17 Å². The van der Waals surface area contributed by atoms with Gasteiger partial charge < -0.3 is 14.5 Å². The molecule has 2 aromatic carbocycles. The van der Waals surface area contributed by atoms with Crippen LogP contribution in [-0.4, -0.2) is 54.8 Å². The first kappa shape index (κ1) is 23.5. The monoisotopic (exact) mass is 471 g/mol. The predicted octanol–water partition coefficient (Wildman–Crippen LogP) is 6.39. The molecule has 0 unspecified atom stereocenters. The van der Waals surface area contributed by atoms with Crippen LogP contribution in [0.4, 0.5) is 5.69 Å². The number of likely N-dealkylation sites (tertiary alicyclic amines) is 1. The maximum absolute atomic E-state index is 6.06. The van der Waals surface area contributed by atoms with Crippen LogP contribution in [-0.2, 0) is 12.2 Å². The van der Waals surface area contributed by atoms with Crippen LogP contribution in [0, 0.1) is 0 Å². The molecule has 0 saturated carbocycles. The number of piperidine rings is 1. The third-order valence-corrected chi connectivity index (χ3v) is 7.97. The number of fused-ring (bicyclic) bond motifs is 1. The van der Waals surface area contributed by atoms with Gasteiger partial charge >= 0.3 is 0 Å². The van der Waals surface area contributed by atoms with Crippen LogP contribution in [0.2, 0.25) is 5.02 Å². The van der Waals surface area contributed by atoms with Crippen molar-refractivity contribution in [2.24, 2.45) is 4.99 Å². The molecule has 0 bridgehead atoms. The summed E-state index contributed by atoms with van der Waals surface area (Å²) in [4.78, 5) is 9.99. The highest BCUT2D eigenvalue weighted by Crippen LogP contribution is 2.33. The number of hydrogen-bond donors (Lipinski definition) is 0. The first-order valence-electron chi connectivity index (χ1n) is 11.7. The Labute approximate surface area is 202 Å². The molecular formula is C26H34ClN3OS. The lowest BCUT2D eigenvalue weighted by Crippen LogP contribution is -2.45. The van der Waals surface area contributed by atoms with Crippen molar-refractivity contribution in [1.82, 2.24) is 9.80 Å². The average molecular weight is 472 g/mol. The second-order valence-corrected chi connectivity index (χ2v) is 10.1. The maximum atomic E-state index is 6.06. The van der Waals surface area contributed by atoms with E-state index in [9.17, 15) is 0 Å². The number of benzene rings is 2. The van der Waals surface area contributed by atoms with Crippen LogP contribution in [0.3, 0.4) is 0 Å². The fraction of sp³-hybridized carbons (Fsp3) is 0.500. The van der Waals surface area contributed by atoms with E-state index in [1.807, 2.05) is 23.9 Å². The summed E-state index contributed by atoms with van der Waals surface area (Å²) in [5.41, 5.74) is 3.74. The van der Waals surface area contributed by atoms with E-state index >= 15 is 0 Å². The molecule has 4 nitrogen and oxygen atoms in total. The number of methoxy groups -OCH3 is 1. The van der Waals surface area contributed by atoms with Crippen molar-refractivity contribution in [2.45, 2.75) is 50.3 Å². The molecule has 172 valence electrons. The molecule has 32 heavy (non-hydrogen) atoms. The molecule has 2 aromatic rings. The number of para-hydroxylation sites is 1. The number of aliphatic imine (C=N–C) groups is 1. The molecule has 0 aliphatic carbocycles. The summed E-state index contributed by atoms with van der Waals surface area (Å²) < 4.78 is 5.46. The predicted molar refractivity (Wildman–Crippen MR) is 138 cm³/mol. The quantitative estimate of drug-likeness (QED) is 0.417. The van der Waals surface area contributed by atoms with Crippen LogP contribution in [0.15, 0.2) is 47.5 Å². The van der Waals surface area contributed by atoms with E-state index in [0.717, 1.165) is 28.6 Å². The summed E-state index contributed by atoms with van der Waals surface area (Å²) in [6, 6.07) is 15.1. The van der Waals surface area contributed by atoms with Crippen molar-refractivity contribution >= 4 is 34.2 Å². The lowest BCUT2D eigenvalue weighted by Gasteiger charge is -2.38. The Morgan fingerprint density at radius 2 is 1.94 bits per heavy atom. The molecule has 0 spiro atoms. The molecule has 2 aliphatic heterocycles. The Bertz CT molecular complexity index is 927. The summed E-state index contributed by atoms with van der Waals surface area (Å²) in [6.45, 7) is 3.58. The minimum atomic E-state index is 0.597. The number of ether oxygens (including phenoxy) is 1. The van der Waals surface area contributed by atoms with Gasteiger partial charge in [-0.1, -0.05) is 54.0 Å². The Morgan fingerprint density at radius 3 is 2.75 bits per heavy atom. The van der Waals surface area contributed by atoms with Gasteiger partial charge in [-0.2, -0.15) is 0 Å². The van der Waals surface area contributed by atoms with Gasteiger partial charge in [0.1, 0.15) is 5.75 Å². The van der Waals surface area contributed by atoms with Crippen LogP contribution < -0.4 is 4.74 Å². The van der Waals surface area contributed by atoms with Gasteiger partial charge in [-0.3, -0.25) is 0 Å². The topological polar surface area (TPSA) is 28.1 Å². The van der Waals surface area contributed by atoms with Gasteiger partial charge in [-0.15, -0.1) is 0 Å². The highest BCUT2D eigenvalue weighted by molar-refractivity contribution is 8.13. The summed E-state index contributed by atoms with van der Waals surface area (Å²) in [5.74, 6) is 1.94. The lowest BCUT2D eigenvalue weighted by atomic mass is 10.0. The van der Waals surface area contributed by atoms with E-state index in [0.29, 0.717) is 6.04 Å². The van der Waals surface area contributed by atoms with Gasteiger partial charge in [0, 0.05) is 37.0 Å². The minimum Gasteiger partial charge on any atom is -0.496 e. The molecule has 1 saturated heterocycles. The fourth-order valence-corrected chi connectivity index (χ4v) is 5.85. The molecule has 0 radical (unpaired) electrons. The number of aryl methyl sites for hydroxylation is 1. The van der Waals surface area contributed by atoms with Crippen molar-refractivity contribution in [3.05, 3.63) is 58.6 Å². The second-order valence-electron chi connectivity index (χ2n) is 8.76. The lowest BCUT2D eigenvalue weighted by molar-refractivity contribution is 0.164. The maximum Gasteiger partial charge on any atom is 0.164 e. The Morgan fingerprint density at radius 1 is 1.12 bits per heavy atom. The summed E-state index contributed by atoms with van der Waals surface area (Å²) in [7, 11) is 3.94. The fourth-order valence-electron chi connectivity index (χ4n) is 4.64. The van der Waals surface area contributed by atoms with E-state index in [1.54, 1.807) is 7.11 Å². The highest BCUT2D eigenvalue weighted by Gasteiger charge is 2.26. The molecule has 2 aliphatic rings. The number of hydrogen-bond acceptors (Lipinski definition) is 5. The van der Waals surface area contributed by atoms with Crippen LogP contribution in [0.25, 0.3) is 0 Å². The molecule has 0 N–H and O–H groups in total. The summed E-state index contributed by atoms with van der Waals surface area (Å²) in [6.07, 6.45) is 7.19. The first-order valence-corrected chi connectivity index (χ1v) is 13.1. The second kappa shape index (κ2) is 11.4. The number of rotatable bonds is 8. The van der Waals surface area contributed by atoms with Crippen LogP contribution >= 0.6 is 23.4 Å². The first-order chi connectivity index (χ1) is 15.6. The van der Waals surface area contributed by atoms with Crippen LogP contribution in [0.5, 0.6) is 5.75 Å². The highest BCUT2D eigenvalue weighted by atomic mass is 35.5. The van der Waals surface area contributed by atoms with Crippen molar-refractivity contribution in [3.8, 4) is 5.75 Å². The van der Waals surface area contributed by atoms with Crippen molar-refractivity contribution in [3.63, 3.8) is 0 Å². The zero-order valence-corrected chi connectivity index (χ0v) is 20.8. The Hall–Kier alpha value is -1.69. The zero-order chi connectivity index (χ0) is 22.3. The standard InChI is InChI=1S/C26H34ClN3OS/c1-29(26-28-24-10-6-5-9-21(24)19-32-26)23-13-16-30(17-14-23)15-7-3-4-8-20-11-12-22(27)18-25(20)31-2/h5-6,9-12,18,23H,3-4,7-8,13-17,19H2,1-2H3. The van der Waals surface area contributed by atoms with Crippen molar-refractivity contribution in [1.29, 1.82) is 0 Å². The summed E-state index contributed by atoms with van der Waals surface area (Å²) in [5, 5.41) is 1.92. The van der Waals surface area contributed by atoms with Gasteiger partial charge in [0.05, 0.1) is 12.8 Å². The third-order valence-electron chi connectivity index (χ3n) is 6.64. The Kier molecular flexibility index (Phi) is 8.39. The molecule has 2 heterocycles. The number of thioether (sulfide) groups is 1. The van der Waals surface area contributed by atoms with Gasteiger partial charge in [-0.05, 0) is 68.0 Å². The van der Waals surface area contributed by atoms with E-state index in [1.165, 1.54) is 68.0 Å². The molecule has 1 fully saturated rings. The molecule has 0 amide bonds. The normalized spacial score (nSPS) is 17.0. The average Bonchev–Trinajstić information content (AvgIpc) is 2.84. The Balaban J connectivity index is 1.16. The van der Waals surface area contributed by atoms with Crippen molar-refractivity contribution < 1.29 is 4.74 Å². The van der Waals surface area contributed by atoms with E-state index in [2.05, 4.69) is 47.2 Å². The molecule has 6 heteroatoms. The molecular weight excluding hydrogens is 438 g/mol. The molecule has 4 rings (SSSR count). The SMILES string of the molecule is COc1cc(Cl)ccc1CCCCCN1CCC(N(C)C2=Nc3ccccc3CS2)CC1. The van der Waals surface area contributed by atoms with Crippen LogP contribution in [0.1, 0.15) is 43.2 Å². The number of nitrogens with zero attached hydrogens (tertiary/aromatic N) is 3. The van der Waals surface area contributed by atoms with Gasteiger partial charge in [0.25, 0.3) is 0 Å². The molecule has 0 atom stereocenters. The van der Waals surface area contributed by atoms with Gasteiger partial charge in [0.2, 0.25) is 0 Å². The van der Waals surface area contributed by atoms with E-state index in [-0.39, 0.29) is 0 Å². The summed E-state index contributed by atoms with van der Waals surface area (Å²) >= 11 is 7.94. The van der Waals surface area contributed by atoms with Gasteiger partial charge in [-0.25, -0.2) is 4.99 Å². The third kappa shape index (κ3) is 6.00. The van der Waals surface area contributed by atoms with Crippen molar-refractivity contribution in [2.75, 3.05) is 33.8 Å². The molecule has 0 aromatic heterocycles. The number of amidine groups is 1. The van der Waals surface area contributed by atoms with E-state index < -0.39 is 0 Å². The van der Waals surface area contributed by atoms with E-state index in [4.69, 9.17) is 21.3 Å².